The molecule has 0 radical (unpaired) electrons. The van der Waals surface area contributed by atoms with Gasteiger partial charge in [0.2, 0.25) is 23.6 Å². The van der Waals surface area contributed by atoms with Gasteiger partial charge in [-0.2, -0.15) is 0 Å². The Kier molecular flexibility index (Phi) is 12.1. The highest BCUT2D eigenvalue weighted by molar-refractivity contribution is 5.92. The molecule has 0 aliphatic heterocycles. The van der Waals surface area contributed by atoms with Crippen LogP contribution in [0.5, 0.6) is 0 Å². The minimum absolute atomic E-state index is 0.134. The molecular weight excluding hydrogens is 372 g/mol. The summed E-state index contributed by atoms with van der Waals surface area (Å²) in [6, 6.07) is -3.48. The van der Waals surface area contributed by atoms with Gasteiger partial charge < -0.3 is 38.7 Å². The Morgan fingerprint density at radius 2 is 1.29 bits per heavy atom. The van der Waals surface area contributed by atoms with Gasteiger partial charge in [-0.3, -0.25) is 19.2 Å². The van der Waals surface area contributed by atoms with Crippen molar-refractivity contribution in [1.29, 1.82) is 0 Å². The molecule has 28 heavy (non-hydrogen) atoms. The van der Waals surface area contributed by atoms with Gasteiger partial charge in [0.25, 0.3) is 0 Å². The summed E-state index contributed by atoms with van der Waals surface area (Å²) in [5.74, 6) is -4.23. The second kappa shape index (κ2) is 13.4. The molecule has 0 saturated carbocycles. The number of rotatable bonds is 15. The van der Waals surface area contributed by atoms with Crippen molar-refractivity contribution < 1.29 is 29.1 Å². The lowest BCUT2D eigenvalue weighted by Gasteiger charge is -2.22. The van der Waals surface area contributed by atoms with Crippen molar-refractivity contribution in [3.8, 4) is 0 Å². The van der Waals surface area contributed by atoms with Crippen LogP contribution in [-0.2, 0) is 24.0 Å². The van der Waals surface area contributed by atoms with E-state index in [2.05, 4.69) is 10.6 Å². The summed E-state index contributed by atoms with van der Waals surface area (Å²) in [5.41, 5.74) is 21.2. The van der Waals surface area contributed by atoms with Crippen LogP contribution in [-0.4, -0.2) is 59.4 Å². The number of hydrogen-bond donors (Lipinski definition) is 7. The number of amides is 4. The molecule has 0 aliphatic rings. The zero-order valence-corrected chi connectivity index (χ0v) is 15.7. The van der Waals surface area contributed by atoms with Gasteiger partial charge in [-0.25, -0.2) is 4.79 Å². The van der Waals surface area contributed by atoms with Crippen LogP contribution in [0.15, 0.2) is 0 Å². The van der Waals surface area contributed by atoms with Crippen molar-refractivity contribution in [3.05, 3.63) is 0 Å². The van der Waals surface area contributed by atoms with Crippen molar-refractivity contribution in [3.63, 3.8) is 0 Å². The maximum Gasteiger partial charge on any atom is 0.326 e. The topological polar surface area (TPSA) is 234 Å². The van der Waals surface area contributed by atoms with E-state index in [4.69, 9.17) is 28.0 Å². The fourth-order valence-electron chi connectivity index (χ4n) is 2.29. The van der Waals surface area contributed by atoms with Gasteiger partial charge in [-0.15, -0.1) is 0 Å². The molecule has 0 aliphatic carbocycles. The lowest BCUT2D eigenvalue weighted by atomic mass is 10.1. The van der Waals surface area contributed by atoms with E-state index in [1.54, 1.807) is 0 Å². The van der Waals surface area contributed by atoms with Crippen LogP contribution in [0.1, 0.15) is 44.9 Å². The molecule has 0 aromatic heterocycles. The Balaban J connectivity index is 5.01. The van der Waals surface area contributed by atoms with Gasteiger partial charge in [0, 0.05) is 12.8 Å². The average molecular weight is 402 g/mol. The van der Waals surface area contributed by atoms with Crippen LogP contribution < -0.4 is 33.6 Å². The van der Waals surface area contributed by atoms with Crippen molar-refractivity contribution in [1.82, 2.24) is 10.6 Å². The molecule has 0 bridgehead atoms. The second-order valence-corrected chi connectivity index (χ2v) is 6.36. The third kappa shape index (κ3) is 11.1. The highest BCUT2D eigenvalue weighted by Crippen LogP contribution is 2.04. The molecular formula is C16H30N6O6. The van der Waals surface area contributed by atoms with Gasteiger partial charge in [0.05, 0.1) is 6.04 Å². The molecule has 0 unspecified atom stereocenters. The number of carbonyl (C=O) groups excluding carboxylic acids is 4. The number of nitrogens with two attached hydrogens (primary N) is 4. The fraction of sp³-hybridized carbons (Fsp3) is 0.688. The maximum atomic E-state index is 12.4. The van der Waals surface area contributed by atoms with E-state index in [0.29, 0.717) is 25.8 Å². The number of primary amides is 2. The summed E-state index contributed by atoms with van der Waals surface area (Å²) in [5, 5.41) is 13.8. The standard InChI is InChI=1S/C16H30N6O6/c17-8-2-1-3-9(18)14(25)21-10(4-6-12(19)23)15(26)22-11(16(27)28)5-7-13(20)24/h9-11H,1-8,17-18H2,(H2,19,23)(H2,20,24)(H,21,25)(H,22,26)(H,27,28)/t9-,10-,11-/m0/s1. The SMILES string of the molecule is NCCCC[C@H](N)C(=O)N[C@@H](CCC(N)=O)C(=O)N[C@@H](CCC(N)=O)C(=O)O. The molecule has 0 fully saturated rings. The predicted octanol–water partition coefficient (Wildman–Crippen LogP) is -2.97. The molecule has 4 amide bonds. The normalized spacial score (nSPS) is 13.8. The lowest BCUT2D eigenvalue weighted by Crippen LogP contribution is -2.54. The first-order valence-corrected chi connectivity index (χ1v) is 8.94. The molecule has 0 saturated heterocycles. The van der Waals surface area contributed by atoms with Gasteiger partial charge in [-0.05, 0) is 32.2 Å². The number of nitrogens with one attached hydrogen (secondary N) is 2. The number of carboxylic acids is 1. The largest absolute Gasteiger partial charge is 0.480 e. The van der Waals surface area contributed by atoms with Crippen LogP contribution in [0.4, 0.5) is 0 Å². The molecule has 0 aromatic rings. The molecule has 12 heteroatoms. The number of hydrogen-bond acceptors (Lipinski definition) is 7. The highest BCUT2D eigenvalue weighted by Gasteiger charge is 2.28. The number of carboxylic acid groups (broad SMARTS) is 1. The Hall–Kier alpha value is -2.73. The Bertz CT molecular complexity index is 570. The third-order valence-electron chi connectivity index (χ3n) is 3.91. The summed E-state index contributed by atoms with van der Waals surface area (Å²) < 4.78 is 0. The van der Waals surface area contributed by atoms with E-state index >= 15 is 0 Å². The molecule has 0 heterocycles. The van der Waals surface area contributed by atoms with Crippen molar-refractivity contribution in [2.24, 2.45) is 22.9 Å². The molecule has 160 valence electrons. The van der Waals surface area contributed by atoms with Crippen LogP contribution in [0.3, 0.4) is 0 Å². The average Bonchev–Trinajstić information content (AvgIpc) is 2.61. The van der Waals surface area contributed by atoms with Gasteiger partial charge in [0.1, 0.15) is 12.1 Å². The number of aliphatic carboxylic acids is 1. The summed E-state index contributed by atoms with van der Waals surface area (Å²) in [4.78, 5) is 57.7. The summed E-state index contributed by atoms with van der Waals surface area (Å²) >= 11 is 0. The molecule has 0 spiro atoms. The molecule has 3 atom stereocenters. The van der Waals surface area contributed by atoms with Crippen LogP contribution >= 0.6 is 0 Å². The lowest BCUT2D eigenvalue weighted by molar-refractivity contribution is -0.142. The summed E-state index contributed by atoms with van der Waals surface area (Å²) in [6.07, 6.45) is 0.852. The van der Waals surface area contributed by atoms with Crippen LogP contribution in [0.25, 0.3) is 0 Å². The van der Waals surface area contributed by atoms with Crippen molar-refractivity contribution in [2.75, 3.05) is 6.54 Å². The first-order valence-electron chi connectivity index (χ1n) is 8.94. The molecule has 0 aromatic carbocycles. The zero-order valence-electron chi connectivity index (χ0n) is 15.7. The van der Waals surface area contributed by atoms with E-state index in [0.717, 1.165) is 0 Å². The first-order chi connectivity index (χ1) is 13.1. The van der Waals surface area contributed by atoms with E-state index < -0.39 is 47.7 Å². The Labute approximate surface area is 162 Å². The third-order valence-corrected chi connectivity index (χ3v) is 3.91. The Morgan fingerprint density at radius 1 is 0.786 bits per heavy atom. The van der Waals surface area contributed by atoms with Gasteiger partial charge in [-0.1, -0.05) is 6.42 Å². The van der Waals surface area contributed by atoms with E-state index in [-0.39, 0.29) is 25.7 Å². The Morgan fingerprint density at radius 3 is 1.75 bits per heavy atom. The van der Waals surface area contributed by atoms with E-state index in [1.165, 1.54) is 0 Å². The minimum atomic E-state index is -1.38. The summed E-state index contributed by atoms with van der Waals surface area (Å²) in [6.45, 7) is 0.458. The number of unbranched alkanes of at least 4 members (excludes halogenated alkanes) is 1. The summed E-state index contributed by atoms with van der Waals surface area (Å²) in [7, 11) is 0. The molecule has 11 N–H and O–H groups in total. The second-order valence-electron chi connectivity index (χ2n) is 6.36. The predicted molar refractivity (Wildman–Crippen MR) is 99.2 cm³/mol. The first kappa shape index (κ1) is 25.3. The molecule has 0 rings (SSSR count). The monoisotopic (exact) mass is 402 g/mol. The van der Waals surface area contributed by atoms with Gasteiger partial charge >= 0.3 is 5.97 Å². The van der Waals surface area contributed by atoms with Crippen molar-refractivity contribution in [2.45, 2.75) is 63.1 Å². The molecule has 12 nitrogen and oxygen atoms in total. The van der Waals surface area contributed by atoms with E-state index in [1.807, 2.05) is 0 Å². The number of carbonyl (C=O) groups is 5. The zero-order chi connectivity index (χ0) is 21.7. The van der Waals surface area contributed by atoms with Crippen LogP contribution in [0.2, 0.25) is 0 Å². The smallest absolute Gasteiger partial charge is 0.326 e. The fourth-order valence-corrected chi connectivity index (χ4v) is 2.29. The highest BCUT2D eigenvalue weighted by atomic mass is 16.4. The van der Waals surface area contributed by atoms with E-state index in [9.17, 15) is 24.0 Å². The van der Waals surface area contributed by atoms with Crippen molar-refractivity contribution >= 4 is 29.6 Å². The van der Waals surface area contributed by atoms with Crippen LogP contribution in [0, 0.1) is 0 Å². The van der Waals surface area contributed by atoms with Gasteiger partial charge in [0.15, 0.2) is 0 Å². The quantitative estimate of drug-likeness (QED) is 0.139. The minimum Gasteiger partial charge on any atom is -0.480 e. The maximum absolute atomic E-state index is 12.4.